The summed E-state index contributed by atoms with van der Waals surface area (Å²) in [5.41, 5.74) is 1.53. The predicted molar refractivity (Wildman–Crippen MR) is 181 cm³/mol. The van der Waals surface area contributed by atoms with E-state index < -0.39 is 34.3 Å². The smallest absolute Gasteiger partial charge is 0.264 e. The second-order valence-corrected chi connectivity index (χ2v) is 12.7. The molecule has 1 unspecified atom stereocenters. The summed E-state index contributed by atoms with van der Waals surface area (Å²) in [6, 6.07) is 24.2. The average Bonchev–Trinajstić information content (AvgIpc) is 3.11. The number of benzene rings is 4. The van der Waals surface area contributed by atoms with Crippen LogP contribution < -0.4 is 23.8 Å². The van der Waals surface area contributed by atoms with E-state index in [9.17, 15) is 22.4 Å². The third kappa shape index (κ3) is 8.82. The molecular formula is C36H40FN3O7S. The number of sulfonamides is 1. The van der Waals surface area contributed by atoms with Gasteiger partial charge >= 0.3 is 0 Å². The van der Waals surface area contributed by atoms with Crippen LogP contribution >= 0.6 is 0 Å². The fraction of sp³-hybridized carbons (Fsp3) is 0.278. The van der Waals surface area contributed by atoms with E-state index in [0.717, 1.165) is 22.0 Å². The number of carbonyl (C=O) groups excluding carboxylic acids is 2. The van der Waals surface area contributed by atoms with Crippen LogP contribution in [-0.4, -0.2) is 65.6 Å². The number of halogens is 1. The van der Waals surface area contributed by atoms with Crippen molar-refractivity contribution in [2.75, 3.05) is 38.7 Å². The van der Waals surface area contributed by atoms with Gasteiger partial charge in [0.05, 0.1) is 31.9 Å². The normalized spacial score (nSPS) is 11.7. The number of rotatable bonds is 16. The Morgan fingerprint density at radius 1 is 0.812 bits per heavy atom. The maximum Gasteiger partial charge on any atom is 0.264 e. The molecule has 10 nitrogen and oxygen atoms in total. The van der Waals surface area contributed by atoms with Crippen molar-refractivity contribution < 1.29 is 36.6 Å². The van der Waals surface area contributed by atoms with Gasteiger partial charge in [0.15, 0.2) is 11.5 Å². The van der Waals surface area contributed by atoms with Gasteiger partial charge in [-0.15, -0.1) is 0 Å². The van der Waals surface area contributed by atoms with E-state index in [1.54, 1.807) is 24.3 Å². The Balaban J connectivity index is 1.82. The molecule has 4 aromatic carbocycles. The molecule has 0 fully saturated rings. The van der Waals surface area contributed by atoms with E-state index in [-0.39, 0.29) is 35.2 Å². The fourth-order valence-electron chi connectivity index (χ4n) is 5.13. The molecule has 254 valence electrons. The molecule has 0 spiro atoms. The average molecular weight is 678 g/mol. The summed E-state index contributed by atoms with van der Waals surface area (Å²) in [7, 11) is -0.120. The van der Waals surface area contributed by atoms with Crippen LogP contribution in [0.1, 0.15) is 24.5 Å². The third-order valence-corrected chi connectivity index (χ3v) is 9.41. The number of nitrogens with zero attached hydrogens (tertiary/aromatic N) is 2. The third-order valence-electron chi connectivity index (χ3n) is 7.64. The van der Waals surface area contributed by atoms with Crippen molar-refractivity contribution in [2.24, 2.45) is 0 Å². The summed E-state index contributed by atoms with van der Waals surface area (Å²) in [4.78, 5) is 29.5. The number of anilines is 1. The molecular weight excluding hydrogens is 637 g/mol. The minimum Gasteiger partial charge on any atom is -0.497 e. The van der Waals surface area contributed by atoms with E-state index in [2.05, 4.69) is 5.32 Å². The molecule has 0 radical (unpaired) electrons. The molecule has 0 saturated heterocycles. The van der Waals surface area contributed by atoms with Crippen molar-refractivity contribution >= 4 is 27.5 Å². The van der Waals surface area contributed by atoms with Crippen molar-refractivity contribution in [3.63, 3.8) is 0 Å². The zero-order valence-electron chi connectivity index (χ0n) is 27.4. The van der Waals surface area contributed by atoms with Gasteiger partial charge in [0, 0.05) is 25.6 Å². The zero-order valence-corrected chi connectivity index (χ0v) is 28.2. The Bertz CT molecular complexity index is 1790. The van der Waals surface area contributed by atoms with Gasteiger partial charge in [-0.3, -0.25) is 13.9 Å². The maximum atomic E-state index is 14.6. The second-order valence-electron chi connectivity index (χ2n) is 10.9. The van der Waals surface area contributed by atoms with Gasteiger partial charge in [0.25, 0.3) is 10.0 Å². The van der Waals surface area contributed by atoms with Crippen LogP contribution in [0.25, 0.3) is 0 Å². The van der Waals surface area contributed by atoms with Crippen molar-refractivity contribution in [3.05, 3.63) is 114 Å². The first kappa shape index (κ1) is 35.7. The first-order valence-electron chi connectivity index (χ1n) is 15.4. The van der Waals surface area contributed by atoms with Crippen LogP contribution in [0.15, 0.2) is 102 Å². The molecule has 2 amide bonds. The minimum absolute atomic E-state index is 0.0270. The molecule has 0 bridgehead atoms. The second kappa shape index (κ2) is 16.6. The topological polar surface area (TPSA) is 114 Å². The van der Waals surface area contributed by atoms with Gasteiger partial charge in [0.2, 0.25) is 11.8 Å². The van der Waals surface area contributed by atoms with Gasteiger partial charge < -0.3 is 24.4 Å². The summed E-state index contributed by atoms with van der Waals surface area (Å²) in [6.07, 6.45) is 0.848. The monoisotopic (exact) mass is 677 g/mol. The van der Waals surface area contributed by atoms with E-state index in [0.29, 0.717) is 30.0 Å². The van der Waals surface area contributed by atoms with Crippen molar-refractivity contribution in [1.82, 2.24) is 10.2 Å². The SMILES string of the molecule is CCCNC(=O)C(Cc1ccccc1)N(Cc1cccc(OC)c1)C(=O)CN(c1ccc(F)cc1)S(=O)(=O)c1ccc(OC)c(OC)c1. The highest BCUT2D eigenvalue weighted by molar-refractivity contribution is 7.92. The van der Waals surface area contributed by atoms with Crippen LogP contribution in [0.3, 0.4) is 0 Å². The molecule has 0 aliphatic carbocycles. The maximum absolute atomic E-state index is 14.6. The van der Waals surface area contributed by atoms with Gasteiger partial charge in [-0.2, -0.15) is 0 Å². The first-order chi connectivity index (χ1) is 23.1. The number of methoxy groups -OCH3 is 3. The molecule has 0 heterocycles. The lowest BCUT2D eigenvalue weighted by Gasteiger charge is -2.34. The molecule has 4 aromatic rings. The molecule has 0 aliphatic rings. The van der Waals surface area contributed by atoms with Crippen molar-refractivity contribution in [3.8, 4) is 17.2 Å². The van der Waals surface area contributed by atoms with Crippen LogP contribution in [-0.2, 0) is 32.6 Å². The minimum atomic E-state index is -4.45. The predicted octanol–water partition coefficient (Wildman–Crippen LogP) is 5.21. The molecule has 4 rings (SSSR count). The number of ether oxygens (including phenoxy) is 3. The Morgan fingerprint density at radius 3 is 2.15 bits per heavy atom. The number of carbonyl (C=O) groups is 2. The molecule has 0 aliphatic heterocycles. The highest BCUT2D eigenvalue weighted by Crippen LogP contribution is 2.32. The molecule has 0 saturated carbocycles. The highest BCUT2D eigenvalue weighted by Gasteiger charge is 2.35. The Morgan fingerprint density at radius 2 is 1.50 bits per heavy atom. The summed E-state index contributed by atoms with van der Waals surface area (Å²) in [5.74, 6) is -0.583. The largest absolute Gasteiger partial charge is 0.497 e. The first-order valence-corrected chi connectivity index (χ1v) is 16.8. The lowest BCUT2D eigenvalue weighted by atomic mass is 10.0. The molecule has 1 atom stereocenters. The van der Waals surface area contributed by atoms with E-state index >= 15 is 0 Å². The summed E-state index contributed by atoms with van der Waals surface area (Å²) in [6.45, 7) is 1.59. The molecule has 0 aromatic heterocycles. The van der Waals surface area contributed by atoms with E-state index in [1.165, 1.54) is 56.6 Å². The van der Waals surface area contributed by atoms with Gasteiger partial charge in [-0.1, -0.05) is 49.4 Å². The van der Waals surface area contributed by atoms with Crippen LogP contribution in [0.2, 0.25) is 0 Å². The number of hydrogen-bond donors (Lipinski definition) is 1. The summed E-state index contributed by atoms with van der Waals surface area (Å²) in [5, 5.41) is 2.91. The highest BCUT2D eigenvalue weighted by atomic mass is 32.2. The van der Waals surface area contributed by atoms with E-state index in [4.69, 9.17) is 14.2 Å². The van der Waals surface area contributed by atoms with Crippen LogP contribution in [0.4, 0.5) is 10.1 Å². The Labute approximate surface area is 281 Å². The number of amides is 2. The summed E-state index contributed by atoms with van der Waals surface area (Å²) >= 11 is 0. The standard InChI is InChI=1S/C36H40FN3O7S/c1-5-20-38-36(42)32(22-26-10-7-6-8-11-26)39(24-27-12-9-13-30(21-27)45-2)35(41)25-40(29-16-14-28(37)15-17-29)48(43,44)31-18-19-33(46-3)34(23-31)47-4/h6-19,21,23,32H,5,20,22,24-25H2,1-4H3,(H,38,42). The Hall–Kier alpha value is -5.10. The molecule has 1 N–H and O–H groups in total. The van der Waals surface area contributed by atoms with Gasteiger partial charge in [0.1, 0.15) is 24.2 Å². The molecule has 48 heavy (non-hydrogen) atoms. The summed E-state index contributed by atoms with van der Waals surface area (Å²) < 4.78 is 59.5. The lowest BCUT2D eigenvalue weighted by molar-refractivity contribution is -0.140. The quantitative estimate of drug-likeness (QED) is 0.173. The van der Waals surface area contributed by atoms with Crippen LogP contribution in [0.5, 0.6) is 17.2 Å². The molecule has 12 heteroatoms. The van der Waals surface area contributed by atoms with Gasteiger partial charge in [-0.25, -0.2) is 12.8 Å². The van der Waals surface area contributed by atoms with Crippen LogP contribution in [0, 0.1) is 5.82 Å². The van der Waals surface area contributed by atoms with E-state index in [1.807, 2.05) is 37.3 Å². The fourth-order valence-corrected chi connectivity index (χ4v) is 6.56. The number of hydrogen-bond acceptors (Lipinski definition) is 7. The van der Waals surface area contributed by atoms with Crippen molar-refractivity contribution in [1.29, 1.82) is 0 Å². The number of nitrogens with one attached hydrogen (secondary N) is 1. The lowest BCUT2D eigenvalue weighted by Crippen LogP contribution is -2.53. The zero-order chi connectivity index (χ0) is 34.7. The van der Waals surface area contributed by atoms with Crippen molar-refractivity contribution in [2.45, 2.75) is 37.2 Å². The Kier molecular flexibility index (Phi) is 12.4. The van der Waals surface area contributed by atoms with Gasteiger partial charge in [-0.05, 0) is 66.1 Å².